The molecule has 5 heteroatoms. The molecule has 1 atom stereocenters. The molecule has 1 unspecified atom stereocenters. The number of aromatic nitrogens is 2. The van der Waals surface area contributed by atoms with Gasteiger partial charge >= 0.3 is 5.97 Å². The van der Waals surface area contributed by atoms with Crippen LogP contribution >= 0.6 is 11.3 Å². The smallest absolute Gasteiger partial charge is 0.312 e. The van der Waals surface area contributed by atoms with Crippen LogP contribution in [-0.2, 0) is 11.3 Å². The lowest BCUT2D eigenvalue weighted by atomic mass is 9.96. The molecular formula is C13H14N2O2S. The fraction of sp³-hybridized carbons (Fsp3) is 0.385. The van der Waals surface area contributed by atoms with Crippen molar-refractivity contribution in [3.8, 4) is 10.7 Å². The van der Waals surface area contributed by atoms with Crippen molar-refractivity contribution < 1.29 is 9.90 Å². The summed E-state index contributed by atoms with van der Waals surface area (Å²) >= 11 is 1.70. The zero-order chi connectivity index (χ0) is 12.7. The molecule has 0 spiro atoms. The molecule has 3 rings (SSSR count). The first kappa shape index (κ1) is 11.5. The monoisotopic (exact) mass is 262 g/mol. The normalized spacial score (nSPS) is 18.6. The van der Waals surface area contributed by atoms with Crippen molar-refractivity contribution in [3.63, 3.8) is 0 Å². The maximum absolute atomic E-state index is 11.2. The van der Waals surface area contributed by atoms with Crippen LogP contribution in [0, 0.1) is 6.92 Å². The van der Waals surface area contributed by atoms with Crippen LogP contribution in [0.15, 0.2) is 18.3 Å². The molecule has 0 saturated carbocycles. The summed E-state index contributed by atoms with van der Waals surface area (Å²) in [6.45, 7) is 2.93. The number of hydrogen-bond donors (Lipinski definition) is 1. The van der Waals surface area contributed by atoms with Gasteiger partial charge in [0, 0.05) is 17.6 Å². The van der Waals surface area contributed by atoms with E-state index in [1.165, 1.54) is 4.88 Å². The van der Waals surface area contributed by atoms with Gasteiger partial charge in [0.15, 0.2) is 0 Å². The summed E-state index contributed by atoms with van der Waals surface area (Å²) in [6, 6.07) is 4.12. The Morgan fingerprint density at radius 2 is 2.39 bits per heavy atom. The first-order valence-corrected chi connectivity index (χ1v) is 6.83. The quantitative estimate of drug-likeness (QED) is 0.905. The number of imidazole rings is 1. The van der Waals surface area contributed by atoms with E-state index in [-0.39, 0.29) is 0 Å². The topological polar surface area (TPSA) is 55.1 Å². The van der Waals surface area contributed by atoms with Gasteiger partial charge in [-0.2, -0.15) is 0 Å². The molecule has 18 heavy (non-hydrogen) atoms. The van der Waals surface area contributed by atoms with Crippen molar-refractivity contribution in [2.45, 2.75) is 32.2 Å². The molecule has 2 aromatic heterocycles. The summed E-state index contributed by atoms with van der Waals surface area (Å²) in [5.41, 5.74) is 0.842. The predicted molar refractivity (Wildman–Crippen MR) is 69.9 cm³/mol. The summed E-state index contributed by atoms with van der Waals surface area (Å²) in [5.74, 6) is -0.236. The largest absolute Gasteiger partial charge is 0.481 e. The number of aliphatic carboxylic acids is 1. The third kappa shape index (κ3) is 1.75. The number of nitrogens with zero attached hydrogens (tertiary/aromatic N) is 2. The van der Waals surface area contributed by atoms with Gasteiger partial charge in [-0.3, -0.25) is 4.79 Å². The van der Waals surface area contributed by atoms with Gasteiger partial charge in [0.05, 0.1) is 16.5 Å². The van der Waals surface area contributed by atoms with Crippen molar-refractivity contribution in [3.05, 3.63) is 28.9 Å². The molecule has 2 aromatic rings. The van der Waals surface area contributed by atoms with E-state index in [1.807, 2.05) is 0 Å². The molecule has 0 bridgehead atoms. The van der Waals surface area contributed by atoms with Gasteiger partial charge in [-0.1, -0.05) is 0 Å². The Kier molecular flexibility index (Phi) is 2.70. The Bertz CT molecular complexity index is 600. The van der Waals surface area contributed by atoms with Crippen LogP contribution in [0.4, 0.5) is 0 Å². The maximum atomic E-state index is 11.2. The molecule has 4 nitrogen and oxygen atoms in total. The van der Waals surface area contributed by atoms with E-state index in [0.29, 0.717) is 6.42 Å². The number of hydrogen-bond acceptors (Lipinski definition) is 3. The van der Waals surface area contributed by atoms with Gasteiger partial charge in [-0.25, -0.2) is 4.98 Å². The van der Waals surface area contributed by atoms with Gasteiger partial charge < -0.3 is 9.67 Å². The SMILES string of the molecule is Cc1ccc(-c2ncc3n2CCCC3C(=O)O)s1. The molecule has 0 aliphatic carbocycles. The van der Waals surface area contributed by atoms with Gasteiger partial charge in [0.2, 0.25) is 0 Å². The van der Waals surface area contributed by atoms with E-state index < -0.39 is 11.9 Å². The number of fused-ring (bicyclic) bond motifs is 1. The Labute approximate surface area is 109 Å². The summed E-state index contributed by atoms with van der Waals surface area (Å²) in [7, 11) is 0. The van der Waals surface area contributed by atoms with Crippen LogP contribution in [0.5, 0.6) is 0 Å². The molecule has 0 aromatic carbocycles. The maximum Gasteiger partial charge on any atom is 0.312 e. The minimum absolute atomic E-state index is 0.402. The lowest BCUT2D eigenvalue weighted by molar-refractivity contribution is -0.139. The van der Waals surface area contributed by atoms with Gasteiger partial charge in [0.25, 0.3) is 0 Å². The molecule has 0 amide bonds. The Balaban J connectivity index is 2.07. The van der Waals surface area contributed by atoms with Crippen molar-refractivity contribution in [2.24, 2.45) is 0 Å². The highest BCUT2D eigenvalue weighted by Gasteiger charge is 2.29. The summed E-state index contributed by atoms with van der Waals surface area (Å²) < 4.78 is 2.06. The first-order chi connectivity index (χ1) is 8.66. The van der Waals surface area contributed by atoms with Gasteiger partial charge in [-0.05, 0) is 31.9 Å². The average molecular weight is 262 g/mol. The highest BCUT2D eigenvalue weighted by molar-refractivity contribution is 7.15. The first-order valence-electron chi connectivity index (χ1n) is 6.02. The minimum Gasteiger partial charge on any atom is -0.481 e. The standard InChI is InChI=1S/C13H14N2O2S/c1-8-4-5-11(18-8)12-14-7-10-9(13(16)17)3-2-6-15(10)12/h4-5,7,9H,2-3,6H2,1H3,(H,16,17). The summed E-state index contributed by atoms with van der Waals surface area (Å²) in [4.78, 5) is 18.0. The predicted octanol–water partition coefficient (Wildman–Crippen LogP) is 2.88. The van der Waals surface area contributed by atoms with E-state index in [0.717, 1.165) is 29.4 Å². The van der Waals surface area contributed by atoms with Crippen LogP contribution in [0.3, 0.4) is 0 Å². The number of aryl methyl sites for hydroxylation is 1. The zero-order valence-electron chi connectivity index (χ0n) is 10.1. The summed E-state index contributed by atoms with van der Waals surface area (Å²) in [6.07, 6.45) is 3.34. The molecule has 3 heterocycles. The van der Waals surface area contributed by atoms with Gasteiger partial charge in [-0.15, -0.1) is 11.3 Å². The second-order valence-corrected chi connectivity index (χ2v) is 5.89. The molecule has 1 aliphatic rings. The molecule has 0 fully saturated rings. The fourth-order valence-corrected chi connectivity index (χ4v) is 3.38. The van der Waals surface area contributed by atoms with E-state index in [1.54, 1.807) is 17.5 Å². The molecule has 0 saturated heterocycles. The minimum atomic E-state index is -0.746. The number of carboxylic acid groups (broad SMARTS) is 1. The zero-order valence-corrected chi connectivity index (χ0v) is 10.9. The second kappa shape index (κ2) is 4.24. The molecule has 0 radical (unpaired) electrons. The number of carboxylic acids is 1. The third-order valence-corrected chi connectivity index (χ3v) is 4.37. The van der Waals surface area contributed by atoms with E-state index in [2.05, 4.69) is 28.6 Å². The second-order valence-electron chi connectivity index (χ2n) is 4.60. The molecule has 1 aliphatic heterocycles. The molecular weight excluding hydrogens is 248 g/mol. The van der Waals surface area contributed by atoms with Crippen molar-refractivity contribution in [1.82, 2.24) is 9.55 Å². The lowest BCUT2D eigenvalue weighted by Gasteiger charge is -2.21. The van der Waals surface area contributed by atoms with E-state index >= 15 is 0 Å². The number of thiophene rings is 1. The van der Waals surface area contributed by atoms with Crippen LogP contribution in [0.25, 0.3) is 10.7 Å². The summed E-state index contributed by atoms with van der Waals surface area (Å²) in [5, 5.41) is 9.23. The Hall–Kier alpha value is -1.62. The third-order valence-electron chi connectivity index (χ3n) is 3.38. The number of rotatable bonds is 2. The molecule has 94 valence electrons. The number of carbonyl (C=O) groups is 1. The molecule has 1 N–H and O–H groups in total. The Morgan fingerprint density at radius 1 is 1.56 bits per heavy atom. The van der Waals surface area contributed by atoms with Gasteiger partial charge in [0.1, 0.15) is 5.82 Å². The van der Waals surface area contributed by atoms with Crippen molar-refractivity contribution in [1.29, 1.82) is 0 Å². The Morgan fingerprint density at radius 3 is 3.06 bits per heavy atom. The van der Waals surface area contributed by atoms with Crippen LogP contribution in [-0.4, -0.2) is 20.6 Å². The van der Waals surface area contributed by atoms with Crippen LogP contribution < -0.4 is 0 Å². The lowest BCUT2D eigenvalue weighted by Crippen LogP contribution is -2.21. The fourth-order valence-electron chi connectivity index (χ4n) is 2.50. The van der Waals surface area contributed by atoms with Crippen LogP contribution in [0.1, 0.15) is 29.3 Å². The van der Waals surface area contributed by atoms with Crippen molar-refractivity contribution in [2.75, 3.05) is 0 Å². The van der Waals surface area contributed by atoms with E-state index in [9.17, 15) is 9.90 Å². The van der Waals surface area contributed by atoms with Crippen LogP contribution in [0.2, 0.25) is 0 Å². The van der Waals surface area contributed by atoms with E-state index in [4.69, 9.17) is 0 Å². The highest BCUT2D eigenvalue weighted by atomic mass is 32.1. The highest BCUT2D eigenvalue weighted by Crippen LogP contribution is 2.34. The average Bonchev–Trinajstić information content (AvgIpc) is 2.93. The van der Waals surface area contributed by atoms with Crippen molar-refractivity contribution >= 4 is 17.3 Å².